The van der Waals surface area contributed by atoms with Crippen molar-refractivity contribution in [3.05, 3.63) is 35.9 Å². The van der Waals surface area contributed by atoms with Gasteiger partial charge < -0.3 is 5.73 Å². The molecule has 0 aliphatic heterocycles. The minimum atomic E-state index is -4.30. The van der Waals surface area contributed by atoms with Gasteiger partial charge in [-0.3, -0.25) is 4.55 Å². The Kier molecular flexibility index (Phi) is 2.36. The van der Waals surface area contributed by atoms with E-state index in [1.54, 1.807) is 18.2 Å². The van der Waals surface area contributed by atoms with Gasteiger partial charge in [0.05, 0.1) is 5.69 Å². The molecule has 0 unspecified atom stereocenters. The minimum Gasteiger partial charge on any atom is -0.398 e. The zero-order chi connectivity index (χ0) is 11.9. The van der Waals surface area contributed by atoms with Crippen LogP contribution in [0.1, 0.15) is 5.56 Å². The van der Waals surface area contributed by atoms with E-state index in [4.69, 9.17) is 10.3 Å². The first-order valence-corrected chi connectivity index (χ1v) is 6.10. The van der Waals surface area contributed by atoms with Crippen LogP contribution in [0, 0.1) is 6.92 Å². The molecule has 0 spiro atoms. The highest BCUT2D eigenvalue weighted by Gasteiger charge is 2.18. The molecule has 0 aliphatic rings. The van der Waals surface area contributed by atoms with Crippen molar-refractivity contribution in [2.24, 2.45) is 0 Å². The van der Waals surface area contributed by atoms with Crippen LogP contribution in [0.15, 0.2) is 35.2 Å². The van der Waals surface area contributed by atoms with Gasteiger partial charge >= 0.3 is 0 Å². The standard InChI is InChI=1S/C11H11NO3S/c1-7-3-2-4-9-8(7)5-6-10(12)11(9)16(13,14)15/h2-6H,12H2,1H3,(H,13,14,15). The van der Waals surface area contributed by atoms with Crippen LogP contribution in [-0.2, 0) is 10.1 Å². The zero-order valence-corrected chi connectivity index (χ0v) is 9.45. The van der Waals surface area contributed by atoms with E-state index in [1.165, 1.54) is 6.07 Å². The minimum absolute atomic E-state index is 0.0561. The van der Waals surface area contributed by atoms with Gasteiger partial charge in [0.2, 0.25) is 0 Å². The van der Waals surface area contributed by atoms with E-state index in [0.29, 0.717) is 5.39 Å². The van der Waals surface area contributed by atoms with Gasteiger partial charge in [-0.1, -0.05) is 24.3 Å². The number of hydrogen-bond donors (Lipinski definition) is 2. The van der Waals surface area contributed by atoms with Crippen LogP contribution in [0.4, 0.5) is 5.69 Å². The van der Waals surface area contributed by atoms with Gasteiger partial charge in [-0.05, 0) is 23.9 Å². The smallest absolute Gasteiger partial charge is 0.297 e. The molecule has 5 heteroatoms. The van der Waals surface area contributed by atoms with Crippen molar-refractivity contribution < 1.29 is 13.0 Å². The average Bonchev–Trinajstić information content (AvgIpc) is 2.15. The van der Waals surface area contributed by atoms with Crippen molar-refractivity contribution in [3.8, 4) is 0 Å². The Hall–Kier alpha value is -1.59. The summed E-state index contributed by atoms with van der Waals surface area (Å²) in [5, 5.41) is 1.21. The Morgan fingerprint density at radius 2 is 1.81 bits per heavy atom. The summed E-state index contributed by atoms with van der Waals surface area (Å²) in [6, 6.07) is 8.45. The molecule has 0 fully saturated rings. The highest BCUT2D eigenvalue weighted by Crippen LogP contribution is 2.29. The Labute approximate surface area is 93.4 Å². The second-order valence-electron chi connectivity index (χ2n) is 3.63. The van der Waals surface area contributed by atoms with Crippen molar-refractivity contribution >= 4 is 26.6 Å². The normalized spacial score (nSPS) is 11.9. The highest BCUT2D eigenvalue weighted by molar-refractivity contribution is 7.86. The highest BCUT2D eigenvalue weighted by atomic mass is 32.2. The fraction of sp³-hybridized carbons (Fsp3) is 0.0909. The molecular formula is C11H11NO3S. The molecule has 2 aromatic carbocycles. The third kappa shape index (κ3) is 1.64. The van der Waals surface area contributed by atoms with Gasteiger partial charge in [-0.25, -0.2) is 0 Å². The number of rotatable bonds is 1. The van der Waals surface area contributed by atoms with Gasteiger partial charge in [-0.15, -0.1) is 0 Å². The molecular weight excluding hydrogens is 226 g/mol. The molecule has 3 N–H and O–H groups in total. The monoisotopic (exact) mass is 237 g/mol. The number of hydrogen-bond acceptors (Lipinski definition) is 3. The molecule has 0 saturated carbocycles. The van der Waals surface area contributed by atoms with E-state index >= 15 is 0 Å². The summed E-state index contributed by atoms with van der Waals surface area (Å²) < 4.78 is 31.7. The Balaban J connectivity index is 3.03. The van der Waals surface area contributed by atoms with Crippen molar-refractivity contribution in [2.45, 2.75) is 11.8 Å². The maximum atomic E-state index is 11.3. The summed E-state index contributed by atoms with van der Waals surface area (Å²) in [5.74, 6) is 0. The first-order valence-electron chi connectivity index (χ1n) is 4.66. The summed E-state index contributed by atoms with van der Waals surface area (Å²) in [5.41, 5.74) is 6.57. The van der Waals surface area contributed by atoms with E-state index in [9.17, 15) is 8.42 Å². The number of anilines is 1. The second kappa shape index (κ2) is 3.47. The fourth-order valence-electron chi connectivity index (χ4n) is 1.79. The molecule has 2 aromatic rings. The van der Waals surface area contributed by atoms with E-state index < -0.39 is 10.1 Å². The second-order valence-corrected chi connectivity index (χ2v) is 4.99. The number of nitrogen functional groups attached to an aromatic ring is 1. The maximum absolute atomic E-state index is 11.3. The van der Waals surface area contributed by atoms with Crippen LogP contribution >= 0.6 is 0 Å². The Bertz CT molecular complexity index is 662. The van der Waals surface area contributed by atoms with Crippen molar-refractivity contribution in [3.63, 3.8) is 0 Å². The van der Waals surface area contributed by atoms with Gasteiger partial charge in [0.15, 0.2) is 0 Å². The molecule has 2 rings (SSSR count). The molecule has 84 valence electrons. The van der Waals surface area contributed by atoms with Gasteiger partial charge in [0.1, 0.15) is 4.90 Å². The maximum Gasteiger partial charge on any atom is 0.297 e. The largest absolute Gasteiger partial charge is 0.398 e. The quantitative estimate of drug-likeness (QED) is 0.587. The SMILES string of the molecule is Cc1cccc2c(S(=O)(=O)O)c(N)ccc12. The van der Waals surface area contributed by atoms with Crippen molar-refractivity contribution in [1.29, 1.82) is 0 Å². The van der Waals surface area contributed by atoms with Crippen LogP contribution in [0.2, 0.25) is 0 Å². The molecule has 0 saturated heterocycles. The van der Waals surface area contributed by atoms with Crippen molar-refractivity contribution in [2.75, 3.05) is 5.73 Å². The fourth-order valence-corrected chi connectivity index (χ4v) is 2.61. The lowest BCUT2D eigenvalue weighted by atomic mass is 10.1. The number of aryl methyl sites for hydroxylation is 1. The van der Waals surface area contributed by atoms with Crippen LogP contribution in [0.3, 0.4) is 0 Å². The molecule has 0 heterocycles. The summed E-state index contributed by atoms with van der Waals surface area (Å²) in [6.45, 7) is 1.87. The third-order valence-corrected chi connectivity index (χ3v) is 3.49. The van der Waals surface area contributed by atoms with Crippen LogP contribution < -0.4 is 5.73 Å². The number of benzene rings is 2. The first-order chi connectivity index (χ1) is 7.41. The molecule has 0 aliphatic carbocycles. The molecule has 4 nitrogen and oxygen atoms in total. The van der Waals surface area contributed by atoms with Gasteiger partial charge in [0, 0.05) is 5.39 Å². The number of nitrogens with two attached hydrogens (primary N) is 1. The lowest BCUT2D eigenvalue weighted by Gasteiger charge is -2.08. The summed E-state index contributed by atoms with van der Waals surface area (Å²) >= 11 is 0. The van der Waals surface area contributed by atoms with E-state index in [0.717, 1.165) is 10.9 Å². The van der Waals surface area contributed by atoms with E-state index in [-0.39, 0.29) is 10.6 Å². The number of fused-ring (bicyclic) bond motifs is 1. The predicted molar refractivity (Wildman–Crippen MR) is 62.9 cm³/mol. The summed E-state index contributed by atoms with van der Waals surface area (Å²) in [4.78, 5) is -0.214. The Morgan fingerprint density at radius 3 is 2.44 bits per heavy atom. The molecule has 0 radical (unpaired) electrons. The van der Waals surface area contributed by atoms with Crippen molar-refractivity contribution in [1.82, 2.24) is 0 Å². The molecule has 16 heavy (non-hydrogen) atoms. The lowest BCUT2D eigenvalue weighted by molar-refractivity contribution is 0.484. The predicted octanol–water partition coefficient (Wildman–Crippen LogP) is 1.98. The van der Waals surface area contributed by atoms with Crippen LogP contribution in [0.5, 0.6) is 0 Å². The lowest BCUT2D eigenvalue weighted by Crippen LogP contribution is -2.04. The summed E-state index contributed by atoms with van der Waals surface area (Å²) in [6.07, 6.45) is 0. The van der Waals surface area contributed by atoms with Crippen LogP contribution in [-0.4, -0.2) is 13.0 Å². The molecule has 0 atom stereocenters. The Morgan fingerprint density at radius 1 is 1.12 bits per heavy atom. The van der Waals surface area contributed by atoms with E-state index in [1.807, 2.05) is 13.0 Å². The van der Waals surface area contributed by atoms with Gasteiger partial charge in [0.25, 0.3) is 10.1 Å². The van der Waals surface area contributed by atoms with Crippen LogP contribution in [0.25, 0.3) is 10.8 Å². The average molecular weight is 237 g/mol. The van der Waals surface area contributed by atoms with Gasteiger partial charge in [-0.2, -0.15) is 8.42 Å². The first kappa shape index (κ1) is 10.9. The van der Waals surface area contributed by atoms with E-state index in [2.05, 4.69) is 0 Å². The zero-order valence-electron chi connectivity index (χ0n) is 8.64. The summed E-state index contributed by atoms with van der Waals surface area (Å²) in [7, 11) is -4.30. The topological polar surface area (TPSA) is 80.4 Å². The molecule has 0 aromatic heterocycles. The third-order valence-electron chi connectivity index (χ3n) is 2.52. The molecule has 0 bridgehead atoms. The molecule has 0 amide bonds.